The van der Waals surface area contributed by atoms with Crippen LogP contribution in [0, 0.1) is 0 Å². The van der Waals surface area contributed by atoms with Gasteiger partial charge >= 0.3 is 12.0 Å². The third-order valence-electron chi connectivity index (χ3n) is 3.71. The van der Waals surface area contributed by atoms with Crippen molar-refractivity contribution in [2.45, 2.75) is 52.9 Å². The maximum atomic E-state index is 12.6. The van der Waals surface area contributed by atoms with E-state index in [1.165, 1.54) is 6.92 Å². The van der Waals surface area contributed by atoms with E-state index in [1.54, 1.807) is 32.9 Å². The van der Waals surface area contributed by atoms with E-state index in [2.05, 4.69) is 10.6 Å². The van der Waals surface area contributed by atoms with Crippen molar-refractivity contribution in [2.24, 2.45) is 0 Å². The number of carbonyl (C=O) groups excluding carboxylic acids is 3. The van der Waals surface area contributed by atoms with Gasteiger partial charge in [-0.15, -0.1) is 0 Å². The van der Waals surface area contributed by atoms with E-state index in [-0.39, 0.29) is 12.4 Å². The van der Waals surface area contributed by atoms with E-state index in [9.17, 15) is 14.4 Å². The van der Waals surface area contributed by atoms with Gasteiger partial charge in [0.1, 0.15) is 5.58 Å². The molecule has 2 N–H and O–H groups in total. The lowest BCUT2D eigenvalue weighted by atomic mass is 10.1. The Labute approximate surface area is 163 Å². The van der Waals surface area contributed by atoms with Crippen LogP contribution < -0.4 is 10.6 Å². The molecule has 0 radical (unpaired) electrons. The van der Waals surface area contributed by atoms with Crippen molar-refractivity contribution in [3.8, 4) is 0 Å². The van der Waals surface area contributed by atoms with Crippen LogP contribution in [0.1, 0.15) is 50.7 Å². The number of benzene rings is 1. The highest BCUT2D eigenvalue weighted by atomic mass is 16.6. The molecule has 3 amide bonds. The summed E-state index contributed by atoms with van der Waals surface area (Å²) in [5.41, 5.74) is 0.568. The first-order chi connectivity index (χ1) is 13.1. The van der Waals surface area contributed by atoms with E-state index >= 15 is 0 Å². The Balaban J connectivity index is 2.11. The molecule has 1 aromatic heterocycles. The van der Waals surface area contributed by atoms with Gasteiger partial charge in [0, 0.05) is 23.1 Å². The number of rotatable bonds is 6. The van der Waals surface area contributed by atoms with Crippen molar-refractivity contribution < 1.29 is 28.3 Å². The summed E-state index contributed by atoms with van der Waals surface area (Å²) in [4.78, 5) is 36.5. The zero-order chi connectivity index (χ0) is 20.9. The van der Waals surface area contributed by atoms with Gasteiger partial charge in [0.15, 0.2) is 6.10 Å². The molecule has 0 unspecified atom stereocenters. The molecular weight excluding hydrogens is 364 g/mol. The topological polar surface area (TPSA) is 107 Å². The average molecular weight is 390 g/mol. The standard InChI is InChI=1S/C20H26N2O6/c1-6-26-11-14-13-9-7-8-10-15(13)28-16(14)18(24)27-12(2)17(23)21-19(25)22-20(3,4)5/h7-10,12H,6,11H2,1-5H3,(H2,21,22,23,25)/t12-/m0/s1. The van der Waals surface area contributed by atoms with Crippen molar-refractivity contribution in [2.75, 3.05) is 6.61 Å². The maximum Gasteiger partial charge on any atom is 0.375 e. The minimum Gasteiger partial charge on any atom is -0.449 e. The predicted molar refractivity (Wildman–Crippen MR) is 103 cm³/mol. The van der Waals surface area contributed by atoms with Gasteiger partial charge in [0.2, 0.25) is 5.76 Å². The fraction of sp³-hybridized carbons (Fsp3) is 0.450. The SMILES string of the molecule is CCOCc1c(C(=O)O[C@@H](C)C(=O)NC(=O)NC(C)(C)C)oc2ccccc12. The zero-order valence-electron chi connectivity index (χ0n) is 16.8. The van der Waals surface area contributed by atoms with Gasteiger partial charge in [-0.1, -0.05) is 18.2 Å². The number of nitrogens with one attached hydrogen (secondary N) is 2. The minimum atomic E-state index is -1.19. The summed E-state index contributed by atoms with van der Waals surface area (Å²) in [5, 5.41) is 5.48. The number of esters is 1. The van der Waals surface area contributed by atoms with Crippen LogP contribution in [0.5, 0.6) is 0 Å². The lowest BCUT2D eigenvalue weighted by Crippen LogP contribution is -2.50. The summed E-state index contributed by atoms with van der Waals surface area (Å²) in [6.45, 7) is 9.20. The lowest BCUT2D eigenvalue weighted by Gasteiger charge is -2.21. The molecule has 8 nitrogen and oxygen atoms in total. The molecule has 1 atom stereocenters. The zero-order valence-corrected chi connectivity index (χ0v) is 16.8. The quantitative estimate of drug-likeness (QED) is 0.734. The maximum absolute atomic E-state index is 12.6. The van der Waals surface area contributed by atoms with Crippen LogP contribution in [0.2, 0.25) is 0 Å². The van der Waals surface area contributed by atoms with Crippen LogP contribution in [0.15, 0.2) is 28.7 Å². The molecule has 0 aliphatic rings. The molecule has 0 fully saturated rings. The number of imide groups is 1. The highest BCUT2D eigenvalue weighted by molar-refractivity contribution is 6.00. The Kier molecular flexibility index (Phi) is 6.80. The molecule has 0 spiro atoms. The van der Waals surface area contributed by atoms with E-state index < -0.39 is 29.6 Å². The van der Waals surface area contributed by atoms with Gasteiger partial charge in [-0.25, -0.2) is 9.59 Å². The second-order valence-electron chi connectivity index (χ2n) is 7.28. The molecule has 0 saturated carbocycles. The van der Waals surface area contributed by atoms with Crippen molar-refractivity contribution in [3.63, 3.8) is 0 Å². The molecule has 8 heteroatoms. The number of amides is 3. The number of para-hydroxylation sites is 1. The Bertz CT molecular complexity index is 865. The van der Waals surface area contributed by atoms with Crippen LogP contribution >= 0.6 is 0 Å². The number of fused-ring (bicyclic) bond motifs is 1. The third kappa shape index (κ3) is 5.56. The molecule has 0 bridgehead atoms. The van der Waals surface area contributed by atoms with Crippen molar-refractivity contribution in [3.05, 3.63) is 35.6 Å². The first-order valence-corrected chi connectivity index (χ1v) is 9.04. The van der Waals surface area contributed by atoms with Crippen molar-refractivity contribution in [1.82, 2.24) is 10.6 Å². The largest absolute Gasteiger partial charge is 0.449 e. The fourth-order valence-corrected chi connectivity index (χ4v) is 2.46. The summed E-state index contributed by atoms with van der Waals surface area (Å²) in [6, 6.07) is 6.49. The van der Waals surface area contributed by atoms with Gasteiger partial charge < -0.3 is 19.2 Å². The summed E-state index contributed by atoms with van der Waals surface area (Å²) < 4.78 is 16.2. The van der Waals surface area contributed by atoms with Crippen LogP contribution in [-0.2, 0) is 20.9 Å². The highest BCUT2D eigenvalue weighted by Gasteiger charge is 2.27. The van der Waals surface area contributed by atoms with Crippen LogP contribution in [-0.4, -0.2) is 36.2 Å². The number of hydrogen-bond acceptors (Lipinski definition) is 6. The minimum absolute atomic E-state index is 0.0200. The summed E-state index contributed by atoms with van der Waals surface area (Å²) in [6.07, 6.45) is -1.19. The first kappa shape index (κ1) is 21.4. The van der Waals surface area contributed by atoms with E-state index in [0.717, 1.165) is 5.39 Å². The Morgan fingerprint density at radius 3 is 2.50 bits per heavy atom. The fourth-order valence-electron chi connectivity index (χ4n) is 2.46. The lowest BCUT2D eigenvalue weighted by molar-refractivity contribution is -0.128. The number of carbonyl (C=O) groups is 3. The molecule has 0 saturated heterocycles. The number of furan rings is 1. The Hall–Kier alpha value is -2.87. The van der Waals surface area contributed by atoms with Crippen molar-refractivity contribution >= 4 is 28.9 Å². The monoisotopic (exact) mass is 390 g/mol. The molecule has 2 aromatic rings. The molecule has 152 valence electrons. The average Bonchev–Trinajstić information content (AvgIpc) is 2.96. The van der Waals surface area contributed by atoms with Gasteiger partial charge in [-0.05, 0) is 40.7 Å². The molecular formula is C20H26N2O6. The van der Waals surface area contributed by atoms with Gasteiger partial charge in [-0.2, -0.15) is 0 Å². The third-order valence-corrected chi connectivity index (χ3v) is 3.71. The Morgan fingerprint density at radius 2 is 1.86 bits per heavy atom. The van der Waals surface area contributed by atoms with Crippen LogP contribution in [0.4, 0.5) is 4.79 Å². The molecule has 1 heterocycles. The number of hydrogen-bond donors (Lipinski definition) is 2. The summed E-state index contributed by atoms with van der Waals surface area (Å²) in [7, 11) is 0. The summed E-state index contributed by atoms with van der Waals surface area (Å²) in [5.74, 6) is -1.56. The van der Waals surface area contributed by atoms with Gasteiger partial charge in [-0.3, -0.25) is 10.1 Å². The van der Waals surface area contributed by atoms with Gasteiger partial charge in [0.05, 0.1) is 6.61 Å². The normalized spacial score (nSPS) is 12.5. The molecule has 28 heavy (non-hydrogen) atoms. The van der Waals surface area contributed by atoms with E-state index in [1.807, 2.05) is 19.1 Å². The molecule has 1 aromatic carbocycles. The Morgan fingerprint density at radius 1 is 1.18 bits per heavy atom. The van der Waals surface area contributed by atoms with E-state index in [0.29, 0.717) is 17.8 Å². The second kappa shape index (κ2) is 8.88. The smallest absolute Gasteiger partial charge is 0.375 e. The van der Waals surface area contributed by atoms with Crippen LogP contribution in [0.25, 0.3) is 11.0 Å². The second-order valence-corrected chi connectivity index (χ2v) is 7.28. The van der Waals surface area contributed by atoms with E-state index in [4.69, 9.17) is 13.9 Å². The van der Waals surface area contributed by atoms with Crippen molar-refractivity contribution in [1.29, 1.82) is 0 Å². The molecule has 0 aliphatic heterocycles. The molecule has 2 rings (SSSR count). The van der Waals surface area contributed by atoms with Crippen LogP contribution in [0.3, 0.4) is 0 Å². The number of ether oxygens (including phenoxy) is 2. The summed E-state index contributed by atoms with van der Waals surface area (Å²) >= 11 is 0. The first-order valence-electron chi connectivity index (χ1n) is 9.04. The van der Waals surface area contributed by atoms with Gasteiger partial charge in [0.25, 0.3) is 5.91 Å². The predicted octanol–water partition coefficient (Wildman–Crippen LogP) is 3.14. The molecule has 0 aliphatic carbocycles. The highest BCUT2D eigenvalue weighted by Crippen LogP contribution is 2.27. The number of urea groups is 1.